The van der Waals surface area contributed by atoms with Gasteiger partial charge in [-0.2, -0.15) is 13.2 Å². The van der Waals surface area contributed by atoms with E-state index in [0.29, 0.717) is 37.2 Å². The average Bonchev–Trinajstić information content (AvgIpc) is 3.62. The van der Waals surface area contributed by atoms with Crippen LogP contribution in [0.3, 0.4) is 0 Å². The van der Waals surface area contributed by atoms with Gasteiger partial charge < -0.3 is 15.5 Å². The second kappa shape index (κ2) is 9.25. The number of hydrogen-bond donors (Lipinski definition) is 2. The first-order valence-electron chi connectivity index (χ1n) is 10.9. The van der Waals surface area contributed by atoms with Crippen molar-refractivity contribution < 1.29 is 27.6 Å². The van der Waals surface area contributed by atoms with Gasteiger partial charge in [-0.05, 0) is 62.1 Å². The summed E-state index contributed by atoms with van der Waals surface area (Å²) >= 11 is 0. The Hall–Kier alpha value is -3.36. The number of likely N-dealkylation sites (tertiary alicyclic amines) is 1. The van der Waals surface area contributed by atoms with E-state index in [1.807, 2.05) is 0 Å². The molecule has 0 radical (unpaired) electrons. The van der Waals surface area contributed by atoms with Crippen LogP contribution in [0.5, 0.6) is 0 Å². The number of rotatable bonds is 5. The number of amides is 3. The molecule has 6 nitrogen and oxygen atoms in total. The van der Waals surface area contributed by atoms with Gasteiger partial charge in [0, 0.05) is 30.6 Å². The van der Waals surface area contributed by atoms with Crippen molar-refractivity contribution in [3.8, 4) is 0 Å². The number of carbonyl (C=O) groups is 3. The van der Waals surface area contributed by atoms with Crippen molar-refractivity contribution in [1.29, 1.82) is 0 Å². The van der Waals surface area contributed by atoms with E-state index in [2.05, 4.69) is 10.6 Å². The zero-order chi connectivity index (χ0) is 23.6. The highest BCUT2D eigenvalue weighted by Gasteiger charge is 2.32. The molecule has 174 valence electrons. The normalized spacial score (nSPS) is 16.9. The number of alkyl halides is 3. The number of benzene rings is 2. The molecule has 33 heavy (non-hydrogen) atoms. The molecule has 0 aromatic heterocycles. The number of nitrogens with one attached hydrogen (secondary N) is 2. The molecule has 4 rings (SSSR count). The summed E-state index contributed by atoms with van der Waals surface area (Å²) in [5, 5.41) is 5.75. The number of carbonyl (C=O) groups excluding carboxylic acids is 3. The van der Waals surface area contributed by atoms with Crippen molar-refractivity contribution in [1.82, 2.24) is 10.2 Å². The summed E-state index contributed by atoms with van der Waals surface area (Å²) in [4.78, 5) is 39.4. The van der Waals surface area contributed by atoms with Crippen LogP contribution in [0.4, 0.5) is 18.9 Å². The van der Waals surface area contributed by atoms with E-state index in [-0.39, 0.29) is 35.2 Å². The Morgan fingerprint density at radius 3 is 2.12 bits per heavy atom. The maximum Gasteiger partial charge on any atom is 0.416 e. The molecule has 2 aromatic rings. The highest BCUT2D eigenvalue weighted by Crippen LogP contribution is 2.30. The molecule has 2 fully saturated rings. The summed E-state index contributed by atoms with van der Waals surface area (Å²) in [5.74, 6) is -1.13. The van der Waals surface area contributed by atoms with Gasteiger partial charge in [0.2, 0.25) is 5.91 Å². The highest BCUT2D eigenvalue weighted by atomic mass is 19.4. The second-order valence-corrected chi connectivity index (χ2v) is 8.42. The van der Waals surface area contributed by atoms with Gasteiger partial charge >= 0.3 is 6.18 Å². The highest BCUT2D eigenvalue weighted by molar-refractivity contribution is 6.04. The summed E-state index contributed by atoms with van der Waals surface area (Å²) in [6.07, 6.45) is -1.68. The second-order valence-electron chi connectivity index (χ2n) is 8.42. The van der Waals surface area contributed by atoms with Crippen molar-refractivity contribution in [2.75, 3.05) is 18.4 Å². The molecular formula is C24H24F3N3O3. The summed E-state index contributed by atoms with van der Waals surface area (Å²) < 4.78 is 38.2. The zero-order valence-electron chi connectivity index (χ0n) is 17.8. The van der Waals surface area contributed by atoms with E-state index >= 15 is 0 Å². The Kier molecular flexibility index (Phi) is 6.40. The number of anilines is 1. The van der Waals surface area contributed by atoms with Crippen molar-refractivity contribution in [2.45, 2.75) is 37.9 Å². The third kappa shape index (κ3) is 5.53. The maximum absolute atomic E-state index is 12.8. The van der Waals surface area contributed by atoms with Crippen LogP contribution in [0.2, 0.25) is 0 Å². The predicted molar refractivity (Wildman–Crippen MR) is 116 cm³/mol. The Bertz CT molecular complexity index is 1040. The van der Waals surface area contributed by atoms with Crippen LogP contribution in [0.1, 0.15) is 52.0 Å². The molecular weight excluding hydrogens is 435 g/mol. The fourth-order valence-corrected chi connectivity index (χ4v) is 3.84. The summed E-state index contributed by atoms with van der Waals surface area (Å²) in [7, 11) is 0. The van der Waals surface area contributed by atoms with E-state index in [1.54, 1.807) is 29.2 Å². The van der Waals surface area contributed by atoms with Crippen LogP contribution >= 0.6 is 0 Å². The lowest BCUT2D eigenvalue weighted by Gasteiger charge is -2.31. The van der Waals surface area contributed by atoms with Gasteiger partial charge in [-0.3, -0.25) is 14.4 Å². The third-order valence-electron chi connectivity index (χ3n) is 5.95. The number of piperidine rings is 1. The number of halogens is 3. The lowest BCUT2D eigenvalue weighted by atomic mass is 9.95. The van der Waals surface area contributed by atoms with Crippen molar-refractivity contribution in [3.05, 3.63) is 65.2 Å². The predicted octanol–water partition coefficient (Wildman–Crippen LogP) is 4.09. The largest absolute Gasteiger partial charge is 0.416 e. The molecule has 1 aliphatic carbocycles. The van der Waals surface area contributed by atoms with Crippen LogP contribution < -0.4 is 10.6 Å². The number of hydrogen-bond acceptors (Lipinski definition) is 3. The van der Waals surface area contributed by atoms with Crippen LogP contribution in [0.15, 0.2) is 48.5 Å². The van der Waals surface area contributed by atoms with Gasteiger partial charge in [0.1, 0.15) is 0 Å². The van der Waals surface area contributed by atoms with E-state index in [0.717, 1.165) is 25.0 Å². The molecule has 1 saturated heterocycles. The molecule has 0 unspecified atom stereocenters. The lowest BCUT2D eigenvalue weighted by molar-refractivity contribution is -0.137. The fourth-order valence-electron chi connectivity index (χ4n) is 3.84. The SMILES string of the molecule is O=C(NC1CC1)c1ccccc1NC(=O)C1CCN(C(=O)c2ccc(C(F)(F)F)cc2)CC1. The van der Waals surface area contributed by atoms with E-state index in [4.69, 9.17) is 0 Å². The van der Waals surface area contributed by atoms with Crippen LogP contribution in [-0.4, -0.2) is 41.8 Å². The quantitative estimate of drug-likeness (QED) is 0.707. The zero-order valence-corrected chi connectivity index (χ0v) is 17.8. The summed E-state index contributed by atoms with van der Waals surface area (Å²) in [5.41, 5.74) is 0.235. The minimum atomic E-state index is -4.45. The van der Waals surface area contributed by atoms with Crippen LogP contribution in [0.25, 0.3) is 0 Å². The standard InChI is InChI=1S/C24H24F3N3O3/c25-24(26,27)17-7-5-16(6-8-17)23(33)30-13-11-15(12-14-30)21(31)29-20-4-2-1-3-19(20)22(32)28-18-9-10-18/h1-8,15,18H,9-14H2,(H,28,32)(H,29,31). The number of para-hydroxylation sites is 1. The van der Waals surface area contributed by atoms with Gasteiger partial charge in [0.05, 0.1) is 16.8 Å². The third-order valence-corrected chi connectivity index (χ3v) is 5.95. The molecule has 3 amide bonds. The van der Waals surface area contributed by atoms with Gasteiger partial charge in [0.15, 0.2) is 0 Å². The first-order chi connectivity index (χ1) is 15.7. The average molecular weight is 459 g/mol. The van der Waals surface area contributed by atoms with Crippen molar-refractivity contribution in [3.63, 3.8) is 0 Å². The molecule has 1 heterocycles. The molecule has 1 aliphatic heterocycles. The fraction of sp³-hybridized carbons (Fsp3) is 0.375. The van der Waals surface area contributed by atoms with Crippen LogP contribution in [0, 0.1) is 5.92 Å². The molecule has 0 atom stereocenters. The number of nitrogens with zero attached hydrogens (tertiary/aromatic N) is 1. The monoisotopic (exact) mass is 459 g/mol. The van der Waals surface area contributed by atoms with Crippen LogP contribution in [-0.2, 0) is 11.0 Å². The first-order valence-corrected chi connectivity index (χ1v) is 10.9. The summed E-state index contributed by atoms with van der Waals surface area (Å²) in [6, 6.07) is 11.2. The molecule has 2 aliphatic rings. The topological polar surface area (TPSA) is 78.5 Å². The Morgan fingerprint density at radius 1 is 0.879 bits per heavy atom. The van der Waals surface area contributed by atoms with Crippen molar-refractivity contribution in [2.24, 2.45) is 5.92 Å². The molecule has 0 bridgehead atoms. The molecule has 2 aromatic carbocycles. The van der Waals surface area contributed by atoms with Crippen molar-refractivity contribution >= 4 is 23.4 Å². The van der Waals surface area contributed by atoms with E-state index in [9.17, 15) is 27.6 Å². The van der Waals surface area contributed by atoms with Gasteiger partial charge in [0.25, 0.3) is 11.8 Å². The Balaban J connectivity index is 1.33. The first kappa shape index (κ1) is 22.8. The Morgan fingerprint density at radius 2 is 1.52 bits per heavy atom. The van der Waals surface area contributed by atoms with Gasteiger partial charge in [-0.15, -0.1) is 0 Å². The minimum absolute atomic E-state index is 0.182. The van der Waals surface area contributed by atoms with E-state index in [1.165, 1.54) is 12.1 Å². The molecule has 2 N–H and O–H groups in total. The molecule has 1 saturated carbocycles. The van der Waals surface area contributed by atoms with Gasteiger partial charge in [-0.25, -0.2) is 0 Å². The van der Waals surface area contributed by atoms with Gasteiger partial charge in [-0.1, -0.05) is 12.1 Å². The maximum atomic E-state index is 12.8. The molecule has 0 spiro atoms. The lowest BCUT2D eigenvalue weighted by Crippen LogP contribution is -2.41. The Labute approximate surface area is 189 Å². The smallest absolute Gasteiger partial charge is 0.349 e. The minimum Gasteiger partial charge on any atom is -0.349 e. The van der Waals surface area contributed by atoms with E-state index < -0.39 is 11.7 Å². The summed E-state index contributed by atoms with van der Waals surface area (Å²) in [6.45, 7) is 0.642. The molecule has 9 heteroatoms.